The van der Waals surface area contributed by atoms with Crippen LogP contribution in [0.5, 0.6) is 11.5 Å². The summed E-state index contributed by atoms with van der Waals surface area (Å²) in [4.78, 5) is 32.0. The molecule has 8 heteroatoms. The highest BCUT2D eigenvalue weighted by Crippen LogP contribution is 2.65. The molecule has 0 aromatic heterocycles. The van der Waals surface area contributed by atoms with Crippen LogP contribution >= 0.6 is 0 Å². The van der Waals surface area contributed by atoms with Gasteiger partial charge in [0.1, 0.15) is 5.60 Å². The average molecular weight is 360 g/mol. The SMILES string of the molecule is COc1ccc2c3c1O[C@H]1C(=O)CC[C@@]4(O[N+](=O)[O-])[C@@H](C2)N(C)CC[C@]314. The monoisotopic (exact) mass is 360 g/mol. The van der Waals surface area contributed by atoms with Gasteiger partial charge in [0.2, 0.25) is 0 Å². The Labute approximate surface area is 150 Å². The van der Waals surface area contributed by atoms with Crippen LogP contribution in [0, 0.1) is 10.1 Å². The summed E-state index contributed by atoms with van der Waals surface area (Å²) in [6.45, 7) is 0.733. The Bertz CT molecular complexity index is 841. The van der Waals surface area contributed by atoms with Crippen LogP contribution in [-0.4, -0.2) is 54.2 Å². The molecule has 8 nitrogen and oxygen atoms in total. The first kappa shape index (κ1) is 15.9. The van der Waals surface area contributed by atoms with Gasteiger partial charge in [-0.15, -0.1) is 10.1 Å². The van der Waals surface area contributed by atoms with E-state index in [1.54, 1.807) is 7.11 Å². The molecule has 0 amide bonds. The third-order valence-corrected chi connectivity index (χ3v) is 6.93. The van der Waals surface area contributed by atoms with Crippen molar-refractivity contribution in [1.82, 2.24) is 4.90 Å². The van der Waals surface area contributed by atoms with Gasteiger partial charge < -0.3 is 19.2 Å². The minimum atomic E-state index is -1.08. The Morgan fingerprint density at radius 2 is 2.19 bits per heavy atom. The third kappa shape index (κ3) is 1.57. The van der Waals surface area contributed by atoms with Crippen molar-refractivity contribution in [3.05, 3.63) is 33.4 Å². The minimum Gasteiger partial charge on any atom is -0.493 e. The third-order valence-electron chi connectivity index (χ3n) is 6.93. The van der Waals surface area contributed by atoms with Gasteiger partial charge in [0.05, 0.1) is 12.5 Å². The molecule has 1 spiro atoms. The molecule has 2 fully saturated rings. The lowest BCUT2D eigenvalue weighted by atomic mass is 9.49. The van der Waals surface area contributed by atoms with Crippen molar-refractivity contribution in [1.29, 1.82) is 0 Å². The highest BCUT2D eigenvalue weighted by atomic mass is 17.0. The number of likely N-dealkylation sites (tertiary alicyclic amines) is 1. The fraction of sp³-hybridized carbons (Fsp3) is 0.611. The van der Waals surface area contributed by atoms with Crippen LogP contribution in [-0.2, 0) is 21.5 Å². The molecule has 0 unspecified atom stereocenters. The van der Waals surface area contributed by atoms with Crippen molar-refractivity contribution in [2.75, 3.05) is 20.7 Å². The molecule has 2 heterocycles. The number of piperidine rings is 1. The number of hydrogen-bond donors (Lipinski definition) is 0. The maximum Gasteiger partial charge on any atom is 0.295 e. The summed E-state index contributed by atoms with van der Waals surface area (Å²) in [5.41, 5.74) is 0.0507. The second kappa shape index (κ2) is 4.88. The highest BCUT2D eigenvalue weighted by Gasteiger charge is 2.75. The standard InChI is InChI=1S/C18H20N2O6/c1-19-8-7-17-14-10-3-4-12(24-2)15(14)25-16(17)11(21)5-6-18(17,13(19)9-10)26-20(22)23/h3-4,13,16H,5-9H2,1-2H3/t13-,16+,17+,18-/m1/s1. The van der Waals surface area contributed by atoms with Crippen LogP contribution in [0.4, 0.5) is 0 Å². The minimum absolute atomic E-state index is 0.0121. The molecule has 1 aromatic rings. The zero-order valence-electron chi connectivity index (χ0n) is 14.7. The van der Waals surface area contributed by atoms with Gasteiger partial charge in [-0.3, -0.25) is 4.79 Å². The zero-order valence-corrected chi connectivity index (χ0v) is 14.7. The molecular formula is C18H20N2O6. The van der Waals surface area contributed by atoms with E-state index >= 15 is 0 Å². The lowest BCUT2D eigenvalue weighted by Gasteiger charge is -2.62. The molecule has 138 valence electrons. The van der Waals surface area contributed by atoms with E-state index in [-0.39, 0.29) is 18.2 Å². The first-order chi connectivity index (χ1) is 12.4. The maximum absolute atomic E-state index is 12.8. The predicted octanol–water partition coefficient (Wildman–Crippen LogP) is 1.26. The Balaban J connectivity index is 1.85. The van der Waals surface area contributed by atoms with Gasteiger partial charge in [0.15, 0.2) is 23.4 Å². The first-order valence-electron chi connectivity index (χ1n) is 8.88. The predicted molar refractivity (Wildman–Crippen MR) is 88.9 cm³/mol. The summed E-state index contributed by atoms with van der Waals surface area (Å²) in [5.74, 6) is 1.11. The molecule has 2 aliphatic heterocycles. The van der Waals surface area contributed by atoms with Crippen molar-refractivity contribution in [2.45, 2.75) is 48.8 Å². The lowest BCUT2D eigenvalue weighted by Crippen LogP contribution is -2.77. The number of methoxy groups -OCH3 is 1. The number of ketones is 1. The van der Waals surface area contributed by atoms with Gasteiger partial charge in [0.25, 0.3) is 5.09 Å². The lowest BCUT2D eigenvalue weighted by molar-refractivity contribution is -0.788. The normalized spacial score (nSPS) is 36.9. The van der Waals surface area contributed by atoms with Crippen LogP contribution in [0.3, 0.4) is 0 Å². The van der Waals surface area contributed by atoms with Crippen molar-refractivity contribution >= 4 is 5.78 Å². The average Bonchev–Trinajstić information content (AvgIpc) is 2.96. The van der Waals surface area contributed by atoms with Crippen LogP contribution in [0.15, 0.2) is 12.1 Å². The van der Waals surface area contributed by atoms with E-state index in [1.807, 2.05) is 19.2 Å². The number of Topliss-reactive ketones (excluding diaryl/α,β-unsaturated/α-hetero) is 1. The molecule has 4 aliphatic rings. The highest BCUT2D eigenvalue weighted by molar-refractivity contribution is 5.90. The van der Waals surface area contributed by atoms with E-state index in [9.17, 15) is 14.9 Å². The number of ether oxygens (including phenoxy) is 2. The summed E-state index contributed by atoms with van der Waals surface area (Å²) in [7, 11) is 3.53. The number of likely N-dealkylation sites (N-methyl/N-ethyl adjacent to an activating group) is 1. The van der Waals surface area contributed by atoms with Crippen molar-refractivity contribution in [3.63, 3.8) is 0 Å². The van der Waals surface area contributed by atoms with Gasteiger partial charge in [-0.2, -0.15) is 0 Å². The summed E-state index contributed by atoms with van der Waals surface area (Å²) >= 11 is 0. The van der Waals surface area contributed by atoms with Crippen LogP contribution in [0.2, 0.25) is 0 Å². The van der Waals surface area contributed by atoms with Gasteiger partial charge in [-0.25, -0.2) is 0 Å². The number of carbonyl (C=O) groups is 1. The summed E-state index contributed by atoms with van der Waals surface area (Å²) in [6, 6.07) is 3.67. The van der Waals surface area contributed by atoms with E-state index in [0.717, 1.165) is 17.7 Å². The van der Waals surface area contributed by atoms with Gasteiger partial charge >= 0.3 is 0 Å². The number of rotatable bonds is 3. The number of benzene rings is 1. The second-order valence-electron chi connectivity index (χ2n) is 7.72. The smallest absolute Gasteiger partial charge is 0.295 e. The molecule has 4 atom stereocenters. The maximum atomic E-state index is 12.8. The molecule has 2 bridgehead atoms. The fourth-order valence-corrected chi connectivity index (χ4v) is 5.97. The zero-order chi connectivity index (χ0) is 18.3. The molecule has 0 radical (unpaired) electrons. The Morgan fingerprint density at radius 3 is 2.92 bits per heavy atom. The number of hydrogen-bond acceptors (Lipinski definition) is 7. The number of carbonyl (C=O) groups excluding carboxylic acids is 1. The second-order valence-corrected chi connectivity index (χ2v) is 7.72. The molecule has 26 heavy (non-hydrogen) atoms. The summed E-state index contributed by atoms with van der Waals surface area (Å²) < 4.78 is 11.6. The van der Waals surface area contributed by atoms with Crippen molar-refractivity contribution in [3.8, 4) is 11.5 Å². The van der Waals surface area contributed by atoms with E-state index < -0.39 is 22.2 Å². The largest absolute Gasteiger partial charge is 0.493 e. The van der Waals surface area contributed by atoms with E-state index in [1.165, 1.54) is 0 Å². The van der Waals surface area contributed by atoms with Crippen LogP contribution in [0.1, 0.15) is 30.4 Å². The Kier molecular flexibility index (Phi) is 2.98. The van der Waals surface area contributed by atoms with E-state index in [2.05, 4.69) is 4.90 Å². The molecule has 1 saturated heterocycles. The molecule has 1 aromatic carbocycles. The van der Waals surface area contributed by atoms with Gasteiger partial charge in [0, 0.05) is 18.0 Å². The van der Waals surface area contributed by atoms with E-state index in [4.69, 9.17) is 14.3 Å². The van der Waals surface area contributed by atoms with Gasteiger partial charge in [-0.1, -0.05) is 6.07 Å². The van der Waals surface area contributed by atoms with Crippen LogP contribution in [0.25, 0.3) is 0 Å². The summed E-state index contributed by atoms with van der Waals surface area (Å²) in [5, 5.41) is 10.8. The van der Waals surface area contributed by atoms with E-state index in [0.29, 0.717) is 30.8 Å². The topological polar surface area (TPSA) is 91.1 Å². The number of nitrogens with zero attached hydrogens (tertiary/aromatic N) is 2. The van der Waals surface area contributed by atoms with Gasteiger partial charge in [-0.05, 0) is 44.5 Å². The Hall–Kier alpha value is -2.35. The molecule has 5 rings (SSSR count). The summed E-state index contributed by atoms with van der Waals surface area (Å²) in [6.07, 6.45) is 1.01. The molecule has 2 aliphatic carbocycles. The van der Waals surface area contributed by atoms with Crippen LogP contribution < -0.4 is 9.47 Å². The van der Waals surface area contributed by atoms with Crippen molar-refractivity contribution in [2.24, 2.45) is 0 Å². The molecule has 1 saturated carbocycles. The molecular weight excluding hydrogens is 340 g/mol. The quantitative estimate of drug-likeness (QED) is 0.592. The van der Waals surface area contributed by atoms with Crippen molar-refractivity contribution < 1.29 is 24.2 Å². The first-order valence-corrected chi connectivity index (χ1v) is 8.88. The fourth-order valence-electron chi connectivity index (χ4n) is 5.97. The molecule has 0 N–H and O–H groups in total. The Morgan fingerprint density at radius 1 is 1.38 bits per heavy atom.